The van der Waals surface area contributed by atoms with Gasteiger partial charge < -0.3 is 4.90 Å². The lowest BCUT2D eigenvalue weighted by Crippen LogP contribution is -2.34. The van der Waals surface area contributed by atoms with E-state index in [1.165, 1.54) is 13.0 Å². The summed E-state index contributed by atoms with van der Waals surface area (Å²) in [6, 6.07) is 3.66. The topological polar surface area (TPSA) is 50.5 Å². The Hall–Kier alpha value is -1.75. The van der Waals surface area contributed by atoms with Gasteiger partial charge in [0.2, 0.25) is 0 Å². The number of hydrogen-bond donors (Lipinski definition) is 0. The molecule has 0 radical (unpaired) electrons. The maximum absolute atomic E-state index is 11.0. The van der Waals surface area contributed by atoms with E-state index < -0.39 is 0 Å². The molecule has 0 spiro atoms. The monoisotopic (exact) mass is 258 g/mol. The fourth-order valence-electron chi connectivity index (χ4n) is 2.88. The first-order chi connectivity index (χ1) is 9.33. The van der Waals surface area contributed by atoms with E-state index in [1.807, 2.05) is 16.7 Å². The molecule has 2 aromatic heterocycles. The van der Waals surface area contributed by atoms with Crippen LogP contribution in [-0.2, 0) is 0 Å². The van der Waals surface area contributed by atoms with Crippen molar-refractivity contribution in [3.63, 3.8) is 0 Å². The molecule has 0 bridgehead atoms. The van der Waals surface area contributed by atoms with Crippen molar-refractivity contribution in [2.24, 2.45) is 0 Å². The molecule has 100 valence electrons. The minimum Gasteiger partial charge on any atom is -0.303 e. The number of nitrogens with zero attached hydrogens (tertiary/aromatic N) is 4. The van der Waals surface area contributed by atoms with E-state index in [1.54, 1.807) is 6.07 Å². The lowest BCUT2D eigenvalue weighted by atomic mass is 9.97. The van der Waals surface area contributed by atoms with Crippen molar-refractivity contribution in [2.45, 2.75) is 25.7 Å². The van der Waals surface area contributed by atoms with Gasteiger partial charge in [-0.05, 0) is 38.1 Å². The zero-order valence-corrected chi connectivity index (χ0v) is 11.1. The molecule has 3 heterocycles. The quantitative estimate of drug-likeness (QED) is 0.787. The highest BCUT2D eigenvalue weighted by molar-refractivity contribution is 5.83. The van der Waals surface area contributed by atoms with Crippen LogP contribution in [0.2, 0.25) is 0 Å². The van der Waals surface area contributed by atoms with E-state index in [0.29, 0.717) is 17.1 Å². The third-order valence-electron chi connectivity index (χ3n) is 3.94. The number of likely N-dealkylation sites (tertiary alicyclic amines) is 1. The number of aromatic nitrogens is 3. The van der Waals surface area contributed by atoms with Crippen molar-refractivity contribution < 1.29 is 4.79 Å². The van der Waals surface area contributed by atoms with Crippen LogP contribution in [0.25, 0.3) is 5.65 Å². The number of carbonyl (C=O) groups is 1. The van der Waals surface area contributed by atoms with Crippen LogP contribution >= 0.6 is 0 Å². The van der Waals surface area contributed by atoms with Crippen LogP contribution in [0.1, 0.15) is 41.9 Å². The molecular weight excluding hydrogens is 240 g/mol. The minimum absolute atomic E-state index is 0.408. The molecule has 3 rings (SSSR count). The summed E-state index contributed by atoms with van der Waals surface area (Å²) < 4.78 is 1.97. The van der Waals surface area contributed by atoms with Gasteiger partial charge in [0.1, 0.15) is 5.82 Å². The van der Waals surface area contributed by atoms with Gasteiger partial charge in [-0.2, -0.15) is 0 Å². The number of rotatable bonds is 3. The van der Waals surface area contributed by atoms with Crippen molar-refractivity contribution in [1.82, 2.24) is 19.5 Å². The Morgan fingerprint density at radius 1 is 1.47 bits per heavy atom. The Morgan fingerprint density at radius 2 is 2.37 bits per heavy atom. The van der Waals surface area contributed by atoms with Gasteiger partial charge in [-0.3, -0.25) is 9.20 Å². The van der Waals surface area contributed by atoms with Crippen molar-refractivity contribution in [3.8, 4) is 0 Å². The standard InChI is InChI=1S/C14H18N4O/c1-2-17-7-3-5-11(9-17)13-15-16-14-12(10-19)6-4-8-18(13)14/h4,6,8,10-11H,2-3,5,7,9H2,1H3. The Labute approximate surface area is 112 Å². The number of fused-ring (bicyclic) bond motifs is 1. The second kappa shape index (κ2) is 5.09. The highest BCUT2D eigenvalue weighted by atomic mass is 16.1. The molecule has 1 unspecified atom stereocenters. The predicted octanol–water partition coefficient (Wildman–Crippen LogP) is 1.74. The van der Waals surface area contributed by atoms with Crippen molar-refractivity contribution in [2.75, 3.05) is 19.6 Å². The van der Waals surface area contributed by atoms with E-state index in [9.17, 15) is 4.79 Å². The molecule has 1 aliphatic rings. The maximum atomic E-state index is 11.0. The predicted molar refractivity (Wildman–Crippen MR) is 72.5 cm³/mol. The molecule has 1 aliphatic heterocycles. The first-order valence-electron chi connectivity index (χ1n) is 6.84. The maximum Gasteiger partial charge on any atom is 0.171 e. The number of piperidine rings is 1. The molecule has 19 heavy (non-hydrogen) atoms. The fourth-order valence-corrected chi connectivity index (χ4v) is 2.88. The summed E-state index contributed by atoms with van der Waals surface area (Å²) in [5.74, 6) is 1.39. The van der Waals surface area contributed by atoms with Crippen molar-refractivity contribution >= 4 is 11.9 Å². The SMILES string of the molecule is CCN1CCCC(c2nnc3c(C=O)cccn23)C1. The normalized spacial score (nSPS) is 20.8. The zero-order valence-electron chi connectivity index (χ0n) is 11.1. The van der Waals surface area contributed by atoms with Crippen LogP contribution in [0.15, 0.2) is 18.3 Å². The second-order valence-corrected chi connectivity index (χ2v) is 5.07. The van der Waals surface area contributed by atoms with E-state index >= 15 is 0 Å². The van der Waals surface area contributed by atoms with Crippen LogP contribution in [0.4, 0.5) is 0 Å². The van der Waals surface area contributed by atoms with E-state index in [0.717, 1.165) is 31.6 Å². The van der Waals surface area contributed by atoms with Gasteiger partial charge in [0, 0.05) is 18.7 Å². The molecule has 0 N–H and O–H groups in total. The van der Waals surface area contributed by atoms with Crippen LogP contribution in [0.5, 0.6) is 0 Å². The van der Waals surface area contributed by atoms with Crippen LogP contribution in [0.3, 0.4) is 0 Å². The first kappa shape index (κ1) is 12.3. The van der Waals surface area contributed by atoms with Gasteiger partial charge in [0.05, 0.1) is 5.56 Å². The zero-order chi connectivity index (χ0) is 13.2. The number of likely N-dealkylation sites (N-methyl/N-ethyl adjacent to an activating group) is 1. The van der Waals surface area contributed by atoms with Crippen LogP contribution in [0, 0.1) is 0 Å². The van der Waals surface area contributed by atoms with Gasteiger partial charge in [0.15, 0.2) is 11.9 Å². The lowest BCUT2D eigenvalue weighted by Gasteiger charge is -2.30. The van der Waals surface area contributed by atoms with Crippen LogP contribution < -0.4 is 0 Å². The molecule has 5 nitrogen and oxygen atoms in total. The number of hydrogen-bond acceptors (Lipinski definition) is 4. The Balaban J connectivity index is 1.99. The summed E-state index contributed by atoms with van der Waals surface area (Å²) in [5, 5.41) is 8.50. The Kier molecular flexibility index (Phi) is 3.29. The fraction of sp³-hybridized carbons (Fsp3) is 0.500. The molecule has 1 fully saturated rings. The highest BCUT2D eigenvalue weighted by Crippen LogP contribution is 2.26. The smallest absolute Gasteiger partial charge is 0.171 e. The third-order valence-corrected chi connectivity index (χ3v) is 3.94. The molecule has 1 atom stereocenters. The molecule has 0 saturated carbocycles. The molecule has 0 aromatic carbocycles. The van der Waals surface area contributed by atoms with Crippen LogP contribution in [-0.4, -0.2) is 45.4 Å². The van der Waals surface area contributed by atoms with Gasteiger partial charge in [0.25, 0.3) is 0 Å². The molecule has 0 aliphatic carbocycles. The minimum atomic E-state index is 0.408. The van der Waals surface area contributed by atoms with Gasteiger partial charge >= 0.3 is 0 Å². The second-order valence-electron chi connectivity index (χ2n) is 5.07. The summed E-state index contributed by atoms with van der Waals surface area (Å²) in [6.45, 7) is 5.47. The van der Waals surface area contributed by atoms with Gasteiger partial charge in [-0.25, -0.2) is 0 Å². The summed E-state index contributed by atoms with van der Waals surface area (Å²) in [6.07, 6.45) is 5.12. The summed E-state index contributed by atoms with van der Waals surface area (Å²) in [5.41, 5.74) is 1.27. The Morgan fingerprint density at radius 3 is 3.16 bits per heavy atom. The van der Waals surface area contributed by atoms with Gasteiger partial charge in [-0.1, -0.05) is 6.92 Å². The van der Waals surface area contributed by atoms with Crippen molar-refractivity contribution in [1.29, 1.82) is 0 Å². The third kappa shape index (κ3) is 2.14. The average Bonchev–Trinajstić information content (AvgIpc) is 2.91. The number of carbonyl (C=O) groups excluding carboxylic acids is 1. The highest BCUT2D eigenvalue weighted by Gasteiger charge is 2.24. The number of pyridine rings is 1. The van der Waals surface area contributed by atoms with Crippen molar-refractivity contribution in [3.05, 3.63) is 29.7 Å². The Bertz CT molecular complexity index is 592. The molecular formula is C14H18N4O. The van der Waals surface area contributed by atoms with E-state index in [2.05, 4.69) is 22.0 Å². The largest absolute Gasteiger partial charge is 0.303 e. The molecule has 0 amide bonds. The summed E-state index contributed by atoms with van der Waals surface area (Å²) in [7, 11) is 0. The molecule has 5 heteroatoms. The first-order valence-corrected chi connectivity index (χ1v) is 6.84. The van der Waals surface area contributed by atoms with Gasteiger partial charge in [-0.15, -0.1) is 10.2 Å². The summed E-state index contributed by atoms with van der Waals surface area (Å²) in [4.78, 5) is 13.5. The summed E-state index contributed by atoms with van der Waals surface area (Å²) >= 11 is 0. The number of aldehydes is 1. The van der Waals surface area contributed by atoms with E-state index in [4.69, 9.17) is 0 Å². The molecule has 2 aromatic rings. The van der Waals surface area contributed by atoms with E-state index in [-0.39, 0.29) is 0 Å². The lowest BCUT2D eigenvalue weighted by molar-refractivity contribution is 0.112. The average molecular weight is 258 g/mol. The molecule has 1 saturated heterocycles.